The van der Waals surface area contributed by atoms with E-state index in [0.29, 0.717) is 0 Å². The van der Waals surface area contributed by atoms with Crippen LogP contribution in [0.1, 0.15) is 26.7 Å². The van der Waals surface area contributed by atoms with Gasteiger partial charge < -0.3 is 4.74 Å². The summed E-state index contributed by atoms with van der Waals surface area (Å²) in [6.45, 7) is 6.46. The van der Waals surface area contributed by atoms with Crippen molar-refractivity contribution in [3.63, 3.8) is 0 Å². The molecule has 0 aromatic rings. The topological polar surface area (TPSA) is 9.23 Å². The second-order valence-electron chi connectivity index (χ2n) is 3.94. The van der Waals surface area contributed by atoms with E-state index in [2.05, 4.69) is 13.8 Å². The Hall–Kier alpha value is -0.300. The molecule has 11 heavy (non-hydrogen) atoms. The zero-order valence-electron chi connectivity index (χ0n) is 7.39. The first-order valence-corrected chi connectivity index (χ1v) is 4.55. The number of allylic oxidation sites excluding steroid dienone is 1. The second kappa shape index (κ2) is 2.63. The molecular formula is C10H16O. The van der Waals surface area contributed by atoms with Gasteiger partial charge in [-0.1, -0.05) is 12.5 Å². The van der Waals surface area contributed by atoms with Crippen molar-refractivity contribution in [3.05, 3.63) is 11.1 Å². The smallest absolute Gasteiger partial charge is 0.0682 e. The van der Waals surface area contributed by atoms with E-state index in [1.165, 1.54) is 12.8 Å². The summed E-state index contributed by atoms with van der Waals surface area (Å²) in [7, 11) is 0. The Labute approximate surface area is 68.4 Å². The molecule has 1 heteroatoms. The van der Waals surface area contributed by atoms with Crippen LogP contribution in [0, 0.1) is 11.8 Å². The Morgan fingerprint density at radius 2 is 2.27 bits per heavy atom. The molecule has 1 heterocycles. The molecule has 0 aromatic carbocycles. The summed E-state index contributed by atoms with van der Waals surface area (Å²) in [4.78, 5) is 0. The number of ether oxygens (including phenoxy) is 1. The van der Waals surface area contributed by atoms with Crippen LogP contribution in [0.5, 0.6) is 0 Å². The van der Waals surface area contributed by atoms with Gasteiger partial charge in [0.2, 0.25) is 0 Å². The number of hydrogen-bond donors (Lipinski definition) is 0. The van der Waals surface area contributed by atoms with Gasteiger partial charge in [-0.3, -0.25) is 0 Å². The molecule has 0 spiro atoms. The summed E-state index contributed by atoms with van der Waals surface area (Å²) < 4.78 is 5.51. The molecule has 0 bridgehead atoms. The first kappa shape index (κ1) is 7.35. The average molecular weight is 152 g/mol. The first-order valence-electron chi connectivity index (χ1n) is 4.55. The summed E-state index contributed by atoms with van der Waals surface area (Å²) in [5.74, 6) is 1.62. The molecule has 0 amide bonds. The number of rotatable bonds is 0. The Morgan fingerprint density at radius 3 is 3.00 bits per heavy atom. The van der Waals surface area contributed by atoms with Crippen molar-refractivity contribution >= 4 is 0 Å². The average Bonchev–Trinajstić information content (AvgIpc) is 2.35. The fourth-order valence-corrected chi connectivity index (χ4v) is 2.35. The van der Waals surface area contributed by atoms with Crippen molar-refractivity contribution in [2.24, 2.45) is 11.8 Å². The van der Waals surface area contributed by atoms with E-state index in [9.17, 15) is 0 Å². The molecule has 2 aliphatic rings. The normalized spacial score (nSPS) is 37.6. The lowest BCUT2D eigenvalue weighted by Gasteiger charge is -2.28. The summed E-state index contributed by atoms with van der Waals surface area (Å²) in [6.07, 6.45) is 2.69. The highest BCUT2D eigenvalue weighted by molar-refractivity contribution is 5.23. The Kier molecular flexibility index (Phi) is 1.76. The van der Waals surface area contributed by atoms with Crippen LogP contribution in [-0.4, -0.2) is 13.2 Å². The molecule has 1 aliphatic heterocycles. The highest BCUT2D eigenvalue weighted by atomic mass is 16.5. The maximum atomic E-state index is 5.51. The van der Waals surface area contributed by atoms with E-state index in [1.807, 2.05) is 0 Å². The van der Waals surface area contributed by atoms with Gasteiger partial charge in [0.15, 0.2) is 0 Å². The van der Waals surface area contributed by atoms with Crippen LogP contribution in [0.4, 0.5) is 0 Å². The van der Waals surface area contributed by atoms with E-state index >= 15 is 0 Å². The highest BCUT2D eigenvalue weighted by Crippen LogP contribution is 2.39. The summed E-state index contributed by atoms with van der Waals surface area (Å²) in [6, 6.07) is 0. The van der Waals surface area contributed by atoms with Crippen molar-refractivity contribution in [1.82, 2.24) is 0 Å². The Morgan fingerprint density at radius 1 is 1.45 bits per heavy atom. The van der Waals surface area contributed by atoms with Crippen molar-refractivity contribution in [2.45, 2.75) is 26.7 Å². The van der Waals surface area contributed by atoms with Gasteiger partial charge >= 0.3 is 0 Å². The Bertz CT molecular complexity index is 193. The molecule has 0 radical (unpaired) electrons. The van der Waals surface area contributed by atoms with E-state index < -0.39 is 0 Å². The summed E-state index contributed by atoms with van der Waals surface area (Å²) in [5.41, 5.74) is 3.21. The van der Waals surface area contributed by atoms with Crippen LogP contribution in [0.25, 0.3) is 0 Å². The van der Waals surface area contributed by atoms with Gasteiger partial charge in [-0.15, -0.1) is 0 Å². The van der Waals surface area contributed by atoms with Crippen LogP contribution in [0.2, 0.25) is 0 Å². The molecule has 2 rings (SSSR count). The molecule has 2 unspecified atom stereocenters. The fraction of sp³-hybridized carbons (Fsp3) is 0.800. The summed E-state index contributed by atoms with van der Waals surface area (Å²) in [5, 5.41) is 0. The van der Waals surface area contributed by atoms with Crippen molar-refractivity contribution in [1.29, 1.82) is 0 Å². The van der Waals surface area contributed by atoms with Crippen LogP contribution in [0.15, 0.2) is 11.1 Å². The predicted octanol–water partition coefficient (Wildman–Crippen LogP) is 2.38. The largest absolute Gasteiger partial charge is 0.377 e. The Balaban J connectivity index is 2.21. The molecule has 2 atom stereocenters. The molecule has 1 nitrogen and oxygen atoms in total. The van der Waals surface area contributed by atoms with Gasteiger partial charge in [-0.25, -0.2) is 0 Å². The van der Waals surface area contributed by atoms with Crippen LogP contribution in [0.3, 0.4) is 0 Å². The lowest BCUT2D eigenvalue weighted by Crippen LogP contribution is -2.25. The maximum Gasteiger partial charge on any atom is 0.0682 e. The molecule has 1 fully saturated rings. The minimum absolute atomic E-state index is 0.760. The van der Waals surface area contributed by atoms with E-state index in [1.54, 1.807) is 11.1 Å². The monoisotopic (exact) mass is 152 g/mol. The predicted molar refractivity (Wildman–Crippen MR) is 45.4 cm³/mol. The highest BCUT2D eigenvalue weighted by Gasteiger charge is 2.31. The third-order valence-electron chi connectivity index (χ3n) is 3.15. The van der Waals surface area contributed by atoms with E-state index in [4.69, 9.17) is 4.74 Å². The molecule has 62 valence electrons. The zero-order chi connectivity index (χ0) is 7.84. The number of fused-ring (bicyclic) bond motifs is 1. The molecular weight excluding hydrogens is 136 g/mol. The van der Waals surface area contributed by atoms with Crippen LogP contribution >= 0.6 is 0 Å². The number of hydrogen-bond acceptors (Lipinski definition) is 1. The lowest BCUT2D eigenvalue weighted by molar-refractivity contribution is 0.0670. The van der Waals surface area contributed by atoms with Crippen LogP contribution in [-0.2, 0) is 4.74 Å². The van der Waals surface area contributed by atoms with E-state index in [0.717, 1.165) is 25.0 Å². The van der Waals surface area contributed by atoms with Gasteiger partial charge in [-0.05, 0) is 37.2 Å². The molecule has 1 aliphatic carbocycles. The molecule has 0 saturated carbocycles. The van der Waals surface area contributed by atoms with Gasteiger partial charge in [0.1, 0.15) is 0 Å². The van der Waals surface area contributed by atoms with Crippen molar-refractivity contribution in [2.75, 3.05) is 13.2 Å². The molecule has 1 saturated heterocycles. The molecule has 0 aromatic heterocycles. The maximum absolute atomic E-state index is 5.51. The van der Waals surface area contributed by atoms with Gasteiger partial charge in [0, 0.05) is 0 Å². The molecule has 0 N–H and O–H groups in total. The minimum atomic E-state index is 0.760. The van der Waals surface area contributed by atoms with Crippen molar-refractivity contribution in [3.8, 4) is 0 Å². The van der Waals surface area contributed by atoms with Gasteiger partial charge in [0.05, 0.1) is 13.2 Å². The van der Waals surface area contributed by atoms with E-state index in [-0.39, 0.29) is 0 Å². The lowest BCUT2D eigenvalue weighted by atomic mass is 9.87. The zero-order valence-corrected chi connectivity index (χ0v) is 7.39. The van der Waals surface area contributed by atoms with Gasteiger partial charge in [-0.2, -0.15) is 0 Å². The second-order valence-corrected chi connectivity index (χ2v) is 3.94. The van der Waals surface area contributed by atoms with Crippen LogP contribution < -0.4 is 0 Å². The third-order valence-corrected chi connectivity index (χ3v) is 3.15. The standard InChI is InChI=1S/C10H16O/c1-7-3-4-9-8(2)5-11-6-10(7)9/h8-9H,3-6H2,1-2H3. The third kappa shape index (κ3) is 1.12. The van der Waals surface area contributed by atoms with Gasteiger partial charge in [0.25, 0.3) is 0 Å². The fourth-order valence-electron chi connectivity index (χ4n) is 2.35. The van der Waals surface area contributed by atoms with Crippen molar-refractivity contribution < 1.29 is 4.74 Å². The summed E-state index contributed by atoms with van der Waals surface area (Å²) >= 11 is 0. The quantitative estimate of drug-likeness (QED) is 0.484. The first-order chi connectivity index (χ1) is 5.29. The SMILES string of the molecule is CC1=C2COCC(C)C2CC1. The minimum Gasteiger partial charge on any atom is -0.377 e.